The molecule has 62 heavy (non-hydrogen) atoms. The zero-order valence-corrected chi connectivity index (χ0v) is 39.3. The number of hydrogen-bond donors (Lipinski definition) is 1. The largest absolute Gasteiger partial charge is 0.361 e. The van der Waals surface area contributed by atoms with Crippen molar-refractivity contribution in [2.45, 2.75) is 148 Å². The smallest absolute Gasteiger partial charge is 0.330 e. The number of nitrogens with zero attached hydrogens (tertiary/aromatic N) is 3. The third-order valence-corrected chi connectivity index (χ3v) is 14.6. The number of benzene rings is 3. The summed E-state index contributed by atoms with van der Waals surface area (Å²) in [6.45, 7) is 11.1. The van der Waals surface area contributed by atoms with Crippen LogP contribution in [0.4, 0.5) is 0 Å². The highest BCUT2D eigenvalue weighted by Crippen LogP contribution is 2.50. The molecule has 0 spiro atoms. The SMILES string of the molecule is Cc1cn([C@H]2C[C@H](OP(OCCC#N)N(C(C)C)C(C)C)[C@@H](CSCCCCCCCCCCCCOC(c3ccccc3)(c3ccccc3)c3ccccc3)O2)c(=O)[nH]c1=O. The van der Waals surface area contributed by atoms with Gasteiger partial charge in [0.1, 0.15) is 11.8 Å². The van der Waals surface area contributed by atoms with E-state index >= 15 is 0 Å². The predicted molar refractivity (Wildman–Crippen MR) is 253 cm³/mol. The van der Waals surface area contributed by atoms with E-state index < -0.39 is 31.6 Å². The lowest BCUT2D eigenvalue weighted by atomic mass is 9.80. The lowest BCUT2D eigenvalue weighted by Gasteiger charge is -2.37. The molecule has 1 fully saturated rings. The lowest BCUT2D eigenvalue weighted by molar-refractivity contribution is -0.00636. The van der Waals surface area contributed by atoms with Crippen molar-refractivity contribution < 1.29 is 18.5 Å². The standard InChI is InChI=1S/C50H69N4O6PS/c1-39(2)54(40(3)4)61(58-34-25-32-51)60-45-36-47(53-37-41(5)48(55)52-49(53)56)59-46(45)38-62-35-24-13-11-9-7-6-8-10-12-23-33-57-50(42-26-17-14-18-27-42,43-28-19-15-20-29-43)44-30-21-16-22-31-44/h14-22,26-31,37,39-40,45-47H,6-13,23-25,33-36,38H2,1-5H3,(H,52,55,56)/t45-,46+,47+,61?/m0/s1. The fraction of sp³-hybridized carbons (Fsp3) is 0.540. The molecule has 12 heteroatoms. The molecule has 1 aliphatic rings. The van der Waals surface area contributed by atoms with Crippen LogP contribution in [0.3, 0.4) is 0 Å². The third-order valence-electron chi connectivity index (χ3n) is 11.3. The van der Waals surface area contributed by atoms with E-state index in [1.807, 2.05) is 11.8 Å². The highest BCUT2D eigenvalue weighted by atomic mass is 32.2. The first-order valence-electron chi connectivity index (χ1n) is 22.8. The van der Waals surface area contributed by atoms with Crippen LogP contribution in [0, 0.1) is 18.3 Å². The summed E-state index contributed by atoms with van der Waals surface area (Å²) < 4.78 is 30.1. The highest BCUT2D eigenvalue weighted by Gasteiger charge is 2.42. The van der Waals surface area contributed by atoms with Crippen LogP contribution in [0.25, 0.3) is 0 Å². The topological polar surface area (TPSA) is 119 Å². The van der Waals surface area contributed by atoms with Crippen molar-refractivity contribution in [3.63, 3.8) is 0 Å². The summed E-state index contributed by atoms with van der Waals surface area (Å²) in [6, 6.07) is 34.3. The molecule has 10 nitrogen and oxygen atoms in total. The number of aryl methyl sites for hydroxylation is 1. The first-order valence-corrected chi connectivity index (χ1v) is 25.0. The normalized spacial score (nSPS) is 17.2. The van der Waals surface area contributed by atoms with Gasteiger partial charge in [0.15, 0.2) is 0 Å². The number of H-pyrrole nitrogens is 1. The van der Waals surface area contributed by atoms with Crippen LogP contribution >= 0.6 is 20.3 Å². The maximum Gasteiger partial charge on any atom is 0.330 e. The van der Waals surface area contributed by atoms with Crippen molar-refractivity contribution in [2.75, 3.05) is 24.7 Å². The second-order valence-corrected chi connectivity index (χ2v) is 19.3. The lowest BCUT2D eigenvalue weighted by Crippen LogP contribution is -2.36. The van der Waals surface area contributed by atoms with Crippen LogP contribution in [0.15, 0.2) is 107 Å². The number of aromatic nitrogens is 2. The molecule has 0 bridgehead atoms. The van der Waals surface area contributed by atoms with Crippen molar-refractivity contribution in [1.82, 2.24) is 14.2 Å². The van der Waals surface area contributed by atoms with Crippen molar-refractivity contribution in [2.24, 2.45) is 0 Å². The van der Waals surface area contributed by atoms with Crippen LogP contribution in [0.5, 0.6) is 0 Å². The van der Waals surface area contributed by atoms with Crippen molar-refractivity contribution in [3.8, 4) is 6.07 Å². The van der Waals surface area contributed by atoms with E-state index in [0.29, 0.717) is 18.6 Å². The van der Waals surface area contributed by atoms with E-state index in [4.69, 9.17) is 18.5 Å². The summed E-state index contributed by atoms with van der Waals surface area (Å²) in [5.74, 6) is 1.74. The molecule has 336 valence electrons. The summed E-state index contributed by atoms with van der Waals surface area (Å²) >= 11 is 1.86. The second-order valence-electron chi connectivity index (χ2n) is 16.8. The minimum Gasteiger partial charge on any atom is -0.361 e. The average Bonchev–Trinajstić information content (AvgIpc) is 3.67. The van der Waals surface area contributed by atoms with Gasteiger partial charge in [0.05, 0.1) is 31.3 Å². The summed E-state index contributed by atoms with van der Waals surface area (Å²) in [5.41, 5.74) is 2.35. The Morgan fingerprint density at radius 1 is 0.806 bits per heavy atom. The van der Waals surface area contributed by atoms with E-state index in [1.54, 1.807) is 13.1 Å². The molecule has 1 N–H and O–H groups in total. The summed E-state index contributed by atoms with van der Waals surface area (Å²) in [6.07, 6.45) is 13.2. The Bertz CT molecular complexity index is 1920. The quantitative estimate of drug-likeness (QED) is 0.0338. The van der Waals surface area contributed by atoms with Crippen LogP contribution in [-0.4, -0.2) is 63.2 Å². The van der Waals surface area contributed by atoms with Crippen LogP contribution < -0.4 is 11.2 Å². The number of nitriles is 1. The Morgan fingerprint density at radius 2 is 1.32 bits per heavy atom. The van der Waals surface area contributed by atoms with Gasteiger partial charge >= 0.3 is 5.69 Å². The van der Waals surface area contributed by atoms with Crippen molar-refractivity contribution in [1.29, 1.82) is 5.26 Å². The molecule has 3 aromatic carbocycles. The highest BCUT2D eigenvalue weighted by molar-refractivity contribution is 7.99. The van der Waals surface area contributed by atoms with Gasteiger partial charge in [-0.15, -0.1) is 0 Å². The number of ether oxygens (including phenoxy) is 2. The zero-order valence-electron chi connectivity index (χ0n) is 37.6. The van der Waals surface area contributed by atoms with Gasteiger partial charge in [-0.1, -0.05) is 142 Å². The fourth-order valence-electron chi connectivity index (χ4n) is 8.26. The molecule has 0 amide bonds. The Labute approximate surface area is 375 Å². The second kappa shape index (κ2) is 26.3. The van der Waals surface area contributed by atoms with Crippen molar-refractivity contribution in [3.05, 3.63) is 140 Å². The summed E-state index contributed by atoms with van der Waals surface area (Å²) in [4.78, 5) is 27.4. The first kappa shape index (κ1) is 49.4. The molecule has 0 saturated carbocycles. The van der Waals surface area contributed by atoms with Gasteiger partial charge in [-0.05, 0) is 69.9 Å². The van der Waals surface area contributed by atoms with Gasteiger partial charge < -0.3 is 18.5 Å². The Balaban J connectivity index is 1.02. The third kappa shape index (κ3) is 14.2. The zero-order chi connectivity index (χ0) is 44.2. The number of rotatable bonds is 28. The molecule has 1 aliphatic heterocycles. The van der Waals surface area contributed by atoms with Gasteiger partial charge in [-0.25, -0.2) is 9.46 Å². The number of unbranched alkanes of at least 4 members (excludes halogenated alkanes) is 9. The van der Waals surface area contributed by atoms with Gasteiger partial charge in [-0.3, -0.25) is 14.3 Å². The average molecular weight is 885 g/mol. The van der Waals surface area contributed by atoms with Gasteiger partial charge in [0.2, 0.25) is 0 Å². The number of thioether (sulfide) groups is 1. The van der Waals surface area contributed by atoms with E-state index in [-0.39, 0.29) is 37.3 Å². The van der Waals surface area contributed by atoms with E-state index in [1.165, 1.54) is 49.5 Å². The number of nitrogens with one attached hydrogen (secondary N) is 1. The molecule has 1 aromatic heterocycles. The van der Waals surface area contributed by atoms with Gasteiger partial charge in [-0.2, -0.15) is 17.0 Å². The summed E-state index contributed by atoms with van der Waals surface area (Å²) in [5, 5.41) is 9.18. The molecular weight excluding hydrogens is 816 g/mol. The van der Waals surface area contributed by atoms with E-state index in [9.17, 15) is 14.9 Å². The molecule has 0 radical (unpaired) electrons. The Kier molecular flexibility index (Phi) is 20.9. The Morgan fingerprint density at radius 3 is 1.84 bits per heavy atom. The minimum atomic E-state index is -1.48. The fourth-order valence-corrected chi connectivity index (χ4v) is 11.1. The monoisotopic (exact) mass is 884 g/mol. The molecule has 1 unspecified atom stereocenters. The summed E-state index contributed by atoms with van der Waals surface area (Å²) in [7, 11) is -1.48. The van der Waals surface area contributed by atoms with Crippen LogP contribution in [0.2, 0.25) is 0 Å². The Hall–Kier alpha value is -3.59. The molecule has 5 rings (SSSR count). The van der Waals surface area contributed by atoms with Gasteiger partial charge in [0.25, 0.3) is 14.1 Å². The van der Waals surface area contributed by atoms with E-state index in [2.05, 4.69) is 134 Å². The van der Waals surface area contributed by atoms with E-state index in [0.717, 1.165) is 47.5 Å². The molecule has 0 aliphatic carbocycles. The maximum absolute atomic E-state index is 12.8. The predicted octanol–water partition coefficient (Wildman–Crippen LogP) is 11.4. The molecule has 2 heterocycles. The number of hydrogen-bond acceptors (Lipinski definition) is 9. The first-order chi connectivity index (χ1) is 30.1. The minimum absolute atomic E-state index is 0.163. The number of aromatic amines is 1. The molecule has 4 atom stereocenters. The molecular formula is C50H69N4O6PS. The molecule has 1 saturated heterocycles. The van der Waals surface area contributed by atoms with Gasteiger partial charge in [0, 0.05) is 42.6 Å². The van der Waals surface area contributed by atoms with Crippen LogP contribution in [-0.2, 0) is 24.1 Å². The molecule has 4 aromatic rings. The maximum atomic E-state index is 12.8. The van der Waals surface area contributed by atoms with Crippen LogP contribution in [0.1, 0.15) is 133 Å². The van der Waals surface area contributed by atoms with Crippen molar-refractivity contribution >= 4 is 20.3 Å².